The highest BCUT2D eigenvalue weighted by Gasteiger charge is 2.33. The van der Waals surface area contributed by atoms with Crippen LogP contribution in [-0.2, 0) is 0 Å². The van der Waals surface area contributed by atoms with E-state index in [0.29, 0.717) is 24.3 Å². The van der Waals surface area contributed by atoms with Crippen molar-refractivity contribution in [1.82, 2.24) is 4.90 Å². The molecule has 0 spiro atoms. The van der Waals surface area contributed by atoms with Crippen molar-refractivity contribution in [2.75, 3.05) is 23.3 Å². The van der Waals surface area contributed by atoms with E-state index < -0.39 is 0 Å². The van der Waals surface area contributed by atoms with Gasteiger partial charge in [-0.05, 0) is 50.2 Å². The van der Waals surface area contributed by atoms with Gasteiger partial charge in [-0.15, -0.1) is 0 Å². The van der Waals surface area contributed by atoms with Gasteiger partial charge in [-0.3, -0.25) is 14.9 Å². The topological polar surface area (TPSA) is 78.7 Å². The van der Waals surface area contributed by atoms with Gasteiger partial charge in [-0.25, -0.2) is 0 Å². The molecule has 3 aromatic carbocycles. The predicted octanol–water partition coefficient (Wildman–Crippen LogP) is 5.08. The second kappa shape index (κ2) is 9.09. The minimum Gasteiger partial charge on any atom is -0.367 e. The molecule has 164 valence electrons. The second-order valence-electron chi connectivity index (χ2n) is 8.13. The number of para-hydroxylation sites is 1. The molecule has 0 radical (unpaired) electrons. The Morgan fingerprint density at radius 2 is 1.53 bits per heavy atom. The van der Waals surface area contributed by atoms with Crippen LogP contribution in [0.5, 0.6) is 0 Å². The maximum absolute atomic E-state index is 13.1. The Bertz CT molecular complexity index is 1090. The lowest BCUT2D eigenvalue weighted by molar-refractivity contribution is -0.383. The molecule has 0 saturated carbocycles. The lowest BCUT2D eigenvalue weighted by Gasteiger charge is -2.45. The van der Waals surface area contributed by atoms with E-state index in [1.807, 2.05) is 85.5 Å². The Morgan fingerprint density at radius 3 is 2.12 bits per heavy atom. The number of nitro benzene ring substituents is 1. The Morgan fingerprint density at radius 1 is 0.938 bits per heavy atom. The summed E-state index contributed by atoms with van der Waals surface area (Å²) in [5.74, 6) is 0.0281. The number of nitrogens with zero attached hydrogens (tertiary/aromatic N) is 3. The molecule has 1 heterocycles. The van der Waals surface area contributed by atoms with Crippen LogP contribution in [0.2, 0.25) is 0 Å². The summed E-state index contributed by atoms with van der Waals surface area (Å²) in [5, 5.41) is 14.7. The fourth-order valence-electron chi connectivity index (χ4n) is 4.32. The largest absolute Gasteiger partial charge is 0.367 e. The van der Waals surface area contributed by atoms with Gasteiger partial charge in [0.15, 0.2) is 0 Å². The smallest absolute Gasteiger partial charge is 0.292 e. The van der Waals surface area contributed by atoms with Gasteiger partial charge in [0.1, 0.15) is 5.69 Å². The Hall–Kier alpha value is -3.87. The molecule has 1 aliphatic rings. The molecule has 32 heavy (non-hydrogen) atoms. The standard InChI is InChI=1S/C25H26N4O3/c1-18-16-27(17-19(2)28(18)25(30)20-9-5-3-6-10-20)22-13-14-24(29(31)32)23(15-22)26-21-11-7-4-8-12-21/h3-15,18-19,26H,16-17H2,1-2H3. The molecule has 1 N–H and O–H groups in total. The lowest BCUT2D eigenvalue weighted by atomic mass is 10.0. The Kier molecular flexibility index (Phi) is 6.07. The molecule has 1 aliphatic heterocycles. The minimum absolute atomic E-state index is 0.00724. The second-order valence-corrected chi connectivity index (χ2v) is 8.13. The number of benzene rings is 3. The Balaban J connectivity index is 1.57. The zero-order valence-electron chi connectivity index (χ0n) is 18.1. The normalized spacial score (nSPS) is 18.3. The molecule has 7 heteroatoms. The zero-order chi connectivity index (χ0) is 22.7. The van der Waals surface area contributed by atoms with Crippen LogP contribution in [0.4, 0.5) is 22.7 Å². The number of rotatable bonds is 5. The van der Waals surface area contributed by atoms with Crippen molar-refractivity contribution in [2.24, 2.45) is 0 Å². The number of hydrogen-bond acceptors (Lipinski definition) is 5. The Labute approximate surface area is 187 Å². The van der Waals surface area contributed by atoms with Crippen molar-refractivity contribution in [1.29, 1.82) is 0 Å². The lowest BCUT2D eigenvalue weighted by Crippen LogP contribution is -2.58. The van der Waals surface area contributed by atoms with E-state index in [0.717, 1.165) is 11.4 Å². The van der Waals surface area contributed by atoms with Crippen LogP contribution in [-0.4, -0.2) is 40.9 Å². The van der Waals surface area contributed by atoms with Crippen molar-refractivity contribution in [3.63, 3.8) is 0 Å². The first kappa shape index (κ1) is 21.4. The summed E-state index contributed by atoms with van der Waals surface area (Å²) in [6.07, 6.45) is 0. The van der Waals surface area contributed by atoms with Gasteiger partial charge in [0, 0.05) is 48.2 Å². The van der Waals surface area contributed by atoms with Gasteiger partial charge < -0.3 is 15.1 Å². The molecule has 4 rings (SSSR count). The number of anilines is 3. The molecule has 2 unspecified atom stereocenters. The molecule has 0 aromatic heterocycles. The van der Waals surface area contributed by atoms with Crippen LogP contribution < -0.4 is 10.2 Å². The summed E-state index contributed by atoms with van der Waals surface area (Å²) < 4.78 is 0. The maximum atomic E-state index is 13.1. The minimum atomic E-state index is -0.378. The van der Waals surface area contributed by atoms with E-state index in [-0.39, 0.29) is 28.6 Å². The summed E-state index contributed by atoms with van der Waals surface area (Å²) in [4.78, 5) is 28.4. The van der Waals surface area contributed by atoms with Crippen molar-refractivity contribution in [2.45, 2.75) is 25.9 Å². The highest BCUT2D eigenvalue weighted by molar-refractivity contribution is 5.94. The van der Waals surface area contributed by atoms with Crippen LogP contribution in [0.25, 0.3) is 0 Å². The molecule has 3 aromatic rings. The van der Waals surface area contributed by atoms with Gasteiger partial charge >= 0.3 is 0 Å². The van der Waals surface area contributed by atoms with Crippen LogP contribution >= 0.6 is 0 Å². The van der Waals surface area contributed by atoms with Crippen molar-refractivity contribution in [3.8, 4) is 0 Å². The van der Waals surface area contributed by atoms with Crippen LogP contribution in [0.1, 0.15) is 24.2 Å². The monoisotopic (exact) mass is 430 g/mol. The number of carbonyl (C=O) groups excluding carboxylic acids is 1. The quantitative estimate of drug-likeness (QED) is 0.451. The molecule has 1 saturated heterocycles. The van der Waals surface area contributed by atoms with Gasteiger partial charge in [-0.2, -0.15) is 0 Å². The highest BCUT2D eigenvalue weighted by Crippen LogP contribution is 2.33. The number of nitro groups is 1. The summed E-state index contributed by atoms with van der Waals surface area (Å²) in [7, 11) is 0. The molecule has 0 bridgehead atoms. The van der Waals surface area contributed by atoms with E-state index in [4.69, 9.17) is 0 Å². The van der Waals surface area contributed by atoms with Gasteiger partial charge in [-0.1, -0.05) is 36.4 Å². The summed E-state index contributed by atoms with van der Waals surface area (Å²) >= 11 is 0. The van der Waals surface area contributed by atoms with E-state index in [1.165, 1.54) is 6.07 Å². The summed E-state index contributed by atoms with van der Waals surface area (Å²) in [5.41, 5.74) is 2.83. The van der Waals surface area contributed by atoms with E-state index in [9.17, 15) is 14.9 Å². The fraction of sp³-hybridized carbons (Fsp3) is 0.240. The number of nitrogens with one attached hydrogen (secondary N) is 1. The molecular weight excluding hydrogens is 404 g/mol. The molecular formula is C25H26N4O3. The first-order chi connectivity index (χ1) is 15.4. The van der Waals surface area contributed by atoms with Gasteiger partial charge in [0.2, 0.25) is 0 Å². The van der Waals surface area contributed by atoms with Crippen LogP contribution in [0.15, 0.2) is 78.9 Å². The predicted molar refractivity (Wildman–Crippen MR) is 127 cm³/mol. The van der Waals surface area contributed by atoms with Gasteiger partial charge in [0.05, 0.1) is 4.92 Å². The zero-order valence-corrected chi connectivity index (χ0v) is 18.1. The highest BCUT2D eigenvalue weighted by atomic mass is 16.6. The average Bonchev–Trinajstić information content (AvgIpc) is 2.79. The van der Waals surface area contributed by atoms with E-state index >= 15 is 0 Å². The summed E-state index contributed by atoms with van der Waals surface area (Å²) in [6.45, 7) is 5.37. The first-order valence-corrected chi connectivity index (χ1v) is 10.7. The average molecular weight is 431 g/mol. The number of amides is 1. The maximum Gasteiger partial charge on any atom is 0.292 e. The molecule has 7 nitrogen and oxygen atoms in total. The third-order valence-corrected chi connectivity index (χ3v) is 5.77. The molecule has 1 fully saturated rings. The third-order valence-electron chi connectivity index (χ3n) is 5.77. The fourth-order valence-corrected chi connectivity index (χ4v) is 4.32. The number of carbonyl (C=O) groups is 1. The SMILES string of the molecule is CC1CN(c2ccc([N+](=O)[O-])c(Nc3ccccc3)c2)CC(C)N1C(=O)c1ccccc1. The van der Waals surface area contributed by atoms with Crippen molar-refractivity contribution >= 4 is 28.7 Å². The number of piperazine rings is 1. The van der Waals surface area contributed by atoms with Crippen LogP contribution in [0.3, 0.4) is 0 Å². The number of hydrogen-bond donors (Lipinski definition) is 1. The van der Waals surface area contributed by atoms with Crippen molar-refractivity contribution in [3.05, 3.63) is 94.5 Å². The molecule has 1 amide bonds. The van der Waals surface area contributed by atoms with Crippen LogP contribution in [0, 0.1) is 10.1 Å². The summed E-state index contributed by atoms with van der Waals surface area (Å²) in [6, 6.07) is 23.8. The molecule has 0 aliphatic carbocycles. The van der Waals surface area contributed by atoms with E-state index in [2.05, 4.69) is 10.2 Å². The third kappa shape index (κ3) is 4.42. The first-order valence-electron chi connectivity index (χ1n) is 10.7. The van der Waals surface area contributed by atoms with E-state index in [1.54, 1.807) is 6.07 Å². The van der Waals surface area contributed by atoms with Gasteiger partial charge in [0.25, 0.3) is 11.6 Å². The molecule has 2 atom stereocenters. The van der Waals surface area contributed by atoms with Crippen molar-refractivity contribution < 1.29 is 9.72 Å².